The molecule has 0 aromatic carbocycles. The molecule has 0 radical (unpaired) electrons. The second-order valence-corrected chi connectivity index (χ2v) is 7.21. The maximum absolute atomic E-state index is 11.8. The Balaban J connectivity index is 2.00. The Morgan fingerprint density at radius 1 is 1.28 bits per heavy atom. The molecule has 2 saturated heterocycles. The van der Waals surface area contributed by atoms with Crippen LogP contribution >= 0.6 is 0 Å². The maximum atomic E-state index is 11.8. The van der Waals surface area contributed by atoms with Gasteiger partial charge in [0.25, 0.3) is 0 Å². The number of rotatable bonds is 8. The Labute approximate surface area is 150 Å². The van der Waals surface area contributed by atoms with Gasteiger partial charge >= 0.3 is 5.97 Å². The van der Waals surface area contributed by atoms with E-state index in [9.17, 15) is 4.79 Å². The van der Waals surface area contributed by atoms with Crippen molar-refractivity contribution in [3.05, 3.63) is 10.4 Å². The number of esters is 1. The van der Waals surface area contributed by atoms with Gasteiger partial charge in [-0.15, -0.1) is 0 Å². The van der Waals surface area contributed by atoms with Crippen molar-refractivity contribution in [2.75, 3.05) is 13.2 Å². The molecule has 2 aliphatic rings. The van der Waals surface area contributed by atoms with E-state index in [0.29, 0.717) is 32.5 Å². The Morgan fingerprint density at radius 2 is 2.04 bits per heavy atom. The number of carbonyl (C=O) groups is 1. The van der Waals surface area contributed by atoms with Crippen LogP contribution in [-0.4, -0.2) is 37.1 Å². The molecule has 0 N–H and O–H groups in total. The van der Waals surface area contributed by atoms with Gasteiger partial charge < -0.3 is 14.2 Å². The number of hydrogen-bond acceptors (Lipinski definition) is 5. The van der Waals surface area contributed by atoms with Crippen LogP contribution in [0.15, 0.2) is 5.11 Å². The zero-order valence-corrected chi connectivity index (χ0v) is 15.5. The normalized spacial score (nSPS) is 29.4. The summed E-state index contributed by atoms with van der Waals surface area (Å²) in [5, 5.41) is 3.99. The first kappa shape index (κ1) is 20.0. The molecule has 2 fully saturated rings. The third-order valence-corrected chi connectivity index (χ3v) is 5.24. The lowest BCUT2D eigenvalue weighted by molar-refractivity contribution is -0.171. The van der Waals surface area contributed by atoms with Gasteiger partial charge in [-0.2, -0.15) is 0 Å². The molecule has 0 aliphatic carbocycles. The molecule has 142 valence electrons. The second-order valence-electron chi connectivity index (χ2n) is 7.21. The fourth-order valence-electron chi connectivity index (χ4n) is 3.86. The quantitative estimate of drug-likeness (QED) is 0.211. The lowest BCUT2D eigenvalue weighted by atomic mass is 9.84. The van der Waals surface area contributed by atoms with E-state index in [-0.39, 0.29) is 24.0 Å². The minimum Gasteiger partial charge on any atom is -0.463 e. The van der Waals surface area contributed by atoms with Crippen molar-refractivity contribution < 1.29 is 19.0 Å². The van der Waals surface area contributed by atoms with Crippen LogP contribution in [0.5, 0.6) is 0 Å². The third kappa shape index (κ3) is 6.17. The summed E-state index contributed by atoms with van der Waals surface area (Å²) in [5.41, 5.74) is 8.91. The van der Waals surface area contributed by atoms with Gasteiger partial charge in [-0.05, 0) is 44.1 Å². The monoisotopic (exact) mass is 353 g/mol. The van der Waals surface area contributed by atoms with Crippen LogP contribution in [0.2, 0.25) is 0 Å². The lowest BCUT2D eigenvalue weighted by Gasteiger charge is -2.33. The number of carbonyl (C=O) groups excluding carboxylic acids is 1. The summed E-state index contributed by atoms with van der Waals surface area (Å²) in [6, 6.07) is -0.151. The zero-order chi connectivity index (χ0) is 18.1. The lowest BCUT2D eigenvalue weighted by Crippen LogP contribution is -2.34. The highest BCUT2D eigenvalue weighted by Gasteiger charge is 2.37. The molecule has 0 bridgehead atoms. The summed E-state index contributed by atoms with van der Waals surface area (Å²) in [6.07, 6.45) is 7.34. The van der Waals surface area contributed by atoms with Crippen LogP contribution in [0, 0.1) is 5.92 Å². The number of unbranched alkanes of at least 4 members (excludes halogenated alkanes) is 2. The molecule has 7 heteroatoms. The molecule has 3 atom stereocenters. The Hall–Kier alpha value is -1.30. The minimum absolute atomic E-state index is 0.151. The fraction of sp³-hybridized carbons (Fsp3) is 0.944. The van der Waals surface area contributed by atoms with Crippen molar-refractivity contribution in [1.29, 1.82) is 0 Å². The molecule has 2 aliphatic heterocycles. The van der Waals surface area contributed by atoms with Gasteiger partial charge in [0.2, 0.25) is 0 Å². The molecular weight excluding hydrogens is 322 g/mol. The molecule has 0 saturated carbocycles. The topological polar surface area (TPSA) is 93.5 Å². The highest BCUT2D eigenvalue weighted by molar-refractivity contribution is 5.69. The average molecular weight is 353 g/mol. The molecule has 0 aromatic rings. The van der Waals surface area contributed by atoms with Crippen molar-refractivity contribution in [3.63, 3.8) is 0 Å². The van der Waals surface area contributed by atoms with Gasteiger partial charge in [0, 0.05) is 30.2 Å². The van der Waals surface area contributed by atoms with E-state index < -0.39 is 5.79 Å². The highest BCUT2D eigenvalue weighted by Crippen LogP contribution is 2.35. The molecule has 0 amide bonds. The molecule has 0 spiro atoms. The molecule has 25 heavy (non-hydrogen) atoms. The van der Waals surface area contributed by atoms with Crippen LogP contribution in [0.1, 0.15) is 71.6 Å². The highest BCUT2D eigenvalue weighted by atomic mass is 16.7. The predicted molar refractivity (Wildman–Crippen MR) is 93.8 cm³/mol. The van der Waals surface area contributed by atoms with Crippen molar-refractivity contribution in [2.24, 2.45) is 11.0 Å². The summed E-state index contributed by atoms with van der Waals surface area (Å²) >= 11 is 0. The molecule has 2 rings (SSSR count). The van der Waals surface area contributed by atoms with Gasteiger partial charge in [0.05, 0.1) is 19.3 Å². The largest absolute Gasteiger partial charge is 0.463 e. The average Bonchev–Trinajstić information content (AvgIpc) is 3.03. The maximum Gasteiger partial charge on any atom is 0.306 e. The van der Waals surface area contributed by atoms with Gasteiger partial charge in [-0.25, -0.2) is 0 Å². The number of azide groups is 1. The van der Waals surface area contributed by atoms with E-state index in [0.717, 1.165) is 32.1 Å². The van der Waals surface area contributed by atoms with E-state index in [4.69, 9.17) is 19.7 Å². The SMILES string of the molecule is CCCCCC1(CC[C@@H]2CCC(=O)O[C@H](C)C[C@@H]2N=[N+]=[N-])OCCO1. The van der Waals surface area contributed by atoms with E-state index in [1.807, 2.05) is 6.92 Å². The first-order chi connectivity index (χ1) is 12.1. The molecule has 0 unspecified atom stereocenters. The number of hydrogen-bond donors (Lipinski definition) is 0. The van der Waals surface area contributed by atoms with Crippen LogP contribution in [0.25, 0.3) is 10.4 Å². The summed E-state index contributed by atoms with van der Waals surface area (Å²) in [7, 11) is 0. The van der Waals surface area contributed by atoms with Crippen molar-refractivity contribution in [1.82, 2.24) is 0 Å². The summed E-state index contributed by atoms with van der Waals surface area (Å²) in [4.78, 5) is 14.8. The minimum atomic E-state index is -0.495. The first-order valence-electron chi connectivity index (χ1n) is 9.60. The van der Waals surface area contributed by atoms with Gasteiger partial charge in [0.1, 0.15) is 0 Å². The molecular formula is C18H31N3O4. The van der Waals surface area contributed by atoms with E-state index >= 15 is 0 Å². The van der Waals surface area contributed by atoms with Crippen molar-refractivity contribution >= 4 is 5.97 Å². The Morgan fingerprint density at radius 3 is 2.72 bits per heavy atom. The first-order valence-corrected chi connectivity index (χ1v) is 9.60. The standard InChI is InChI=1S/C18H31N3O4/c1-3-4-5-9-18(23-11-12-24-18)10-8-15-6-7-17(22)25-14(2)13-16(15)20-21-19/h14-16H,3-13H2,1-2H3/t14-,15+,16+/m1/s1. The Kier molecular flexibility index (Phi) is 8.00. The molecule has 7 nitrogen and oxygen atoms in total. The fourth-order valence-corrected chi connectivity index (χ4v) is 3.86. The zero-order valence-electron chi connectivity index (χ0n) is 15.5. The van der Waals surface area contributed by atoms with Crippen LogP contribution < -0.4 is 0 Å². The van der Waals surface area contributed by atoms with Gasteiger partial charge in [-0.1, -0.05) is 24.9 Å². The summed E-state index contributed by atoms with van der Waals surface area (Å²) in [6.45, 7) is 5.32. The van der Waals surface area contributed by atoms with Crippen LogP contribution in [0.4, 0.5) is 0 Å². The number of cyclic esters (lactones) is 1. The van der Waals surface area contributed by atoms with Crippen LogP contribution in [0.3, 0.4) is 0 Å². The summed E-state index contributed by atoms with van der Waals surface area (Å²) < 4.78 is 17.2. The van der Waals surface area contributed by atoms with Gasteiger partial charge in [0.15, 0.2) is 5.79 Å². The molecule has 0 aromatic heterocycles. The van der Waals surface area contributed by atoms with E-state index in [1.54, 1.807) is 0 Å². The van der Waals surface area contributed by atoms with E-state index in [2.05, 4.69) is 16.9 Å². The second kappa shape index (κ2) is 10.00. The van der Waals surface area contributed by atoms with Gasteiger partial charge in [-0.3, -0.25) is 4.79 Å². The Bertz CT molecular complexity index is 473. The van der Waals surface area contributed by atoms with E-state index in [1.165, 1.54) is 6.42 Å². The third-order valence-electron chi connectivity index (χ3n) is 5.24. The van der Waals surface area contributed by atoms with Crippen LogP contribution in [-0.2, 0) is 19.0 Å². The van der Waals surface area contributed by atoms with Crippen molar-refractivity contribution in [2.45, 2.75) is 89.6 Å². The van der Waals surface area contributed by atoms with Crippen molar-refractivity contribution in [3.8, 4) is 0 Å². The molecule has 2 heterocycles. The predicted octanol–water partition coefficient (Wildman–Crippen LogP) is 4.50. The summed E-state index contributed by atoms with van der Waals surface area (Å²) in [5.74, 6) is -0.505. The number of nitrogens with zero attached hydrogens (tertiary/aromatic N) is 3. The number of ether oxygens (including phenoxy) is 3. The smallest absolute Gasteiger partial charge is 0.306 e.